The molecule has 94 valence electrons. The number of halogens is 2. The molecule has 1 aromatic rings. The number of rotatable bonds is 2. The molecule has 0 aromatic heterocycles. The second kappa shape index (κ2) is 4.71. The molecule has 0 spiro atoms. The van der Waals surface area contributed by atoms with Crippen LogP contribution in [-0.4, -0.2) is 33.3 Å². The maximum absolute atomic E-state index is 13.5. The molecule has 8 heteroatoms. The van der Waals surface area contributed by atoms with E-state index in [9.17, 15) is 17.6 Å². The quantitative estimate of drug-likeness (QED) is 0.879. The maximum Gasteiger partial charge on any atom is 0.256 e. The monoisotopic (exact) mass is 324 g/mol. The number of nitrogens with two attached hydrogens (primary N) is 1. The van der Waals surface area contributed by atoms with Crippen LogP contribution >= 0.6 is 15.9 Å². The molecule has 1 rings (SSSR count). The topological polar surface area (TPSA) is 80.5 Å². The molecule has 0 saturated heterocycles. The van der Waals surface area contributed by atoms with Gasteiger partial charge in [0.2, 0.25) is 10.0 Å². The Kier molecular flexibility index (Phi) is 3.90. The first-order valence-electron chi connectivity index (χ1n) is 4.38. The molecule has 17 heavy (non-hydrogen) atoms. The van der Waals surface area contributed by atoms with E-state index < -0.39 is 21.7 Å². The fourth-order valence-electron chi connectivity index (χ4n) is 1.15. The van der Waals surface area contributed by atoms with Gasteiger partial charge in [-0.15, -0.1) is 0 Å². The normalized spacial score (nSPS) is 11.4. The molecular formula is C9H10BrFN2O3S. The molecule has 0 radical (unpaired) electrons. The van der Waals surface area contributed by atoms with Crippen molar-refractivity contribution in [1.82, 2.24) is 4.90 Å². The number of benzene rings is 1. The average molecular weight is 325 g/mol. The smallest absolute Gasteiger partial charge is 0.256 e. The van der Waals surface area contributed by atoms with Crippen molar-refractivity contribution in [3.05, 3.63) is 28.0 Å². The molecule has 1 amide bonds. The van der Waals surface area contributed by atoms with Crippen LogP contribution in [0.2, 0.25) is 0 Å². The number of carbonyl (C=O) groups is 1. The first kappa shape index (κ1) is 14.1. The van der Waals surface area contributed by atoms with Gasteiger partial charge in [0.15, 0.2) is 0 Å². The van der Waals surface area contributed by atoms with Gasteiger partial charge in [-0.3, -0.25) is 4.79 Å². The summed E-state index contributed by atoms with van der Waals surface area (Å²) in [6, 6.07) is 1.81. The SMILES string of the molecule is CN(C)C(=O)c1cc(S(N)(=O)=O)c(Br)cc1F. The van der Waals surface area contributed by atoms with Crippen molar-refractivity contribution < 1.29 is 17.6 Å². The van der Waals surface area contributed by atoms with Crippen LogP contribution < -0.4 is 5.14 Å². The molecule has 2 N–H and O–H groups in total. The summed E-state index contributed by atoms with van der Waals surface area (Å²) in [4.78, 5) is 12.4. The van der Waals surface area contributed by atoms with E-state index >= 15 is 0 Å². The van der Waals surface area contributed by atoms with E-state index in [0.29, 0.717) is 0 Å². The molecular weight excluding hydrogens is 315 g/mol. The van der Waals surface area contributed by atoms with Gasteiger partial charge in [-0.05, 0) is 28.1 Å². The highest BCUT2D eigenvalue weighted by Gasteiger charge is 2.21. The summed E-state index contributed by atoms with van der Waals surface area (Å²) in [5.74, 6) is -1.46. The largest absolute Gasteiger partial charge is 0.345 e. The van der Waals surface area contributed by atoms with E-state index in [1.165, 1.54) is 14.1 Å². The fraction of sp³-hybridized carbons (Fsp3) is 0.222. The van der Waals surface area contributed by atoms with Gasteiger partial charge >= 0.3 is 0 Å². The van der Waals surface area contributed by atoms with Crippen molar-refractivity contribution in [1.29, 1.82) is 0 Å². The average Bonchev–Trinajstić information content (AvgIpc) is 2.14. The third kappa shape index (κ3) is 3.02. The Morgan fingerprint density at radius 2 is 1.94 bits per heavy atom. The summed E-state index contributed by atoms with van der Waals surface area (Å²) in [6.07, 6.45) is 0. The summed E-state index contributed by atoms with van der Waals surface area (Å²) >= 11 is 2.88. The van der Waals surface area contributed by atoms with Crippen molar-refractivity contribution in [2.24, 2.45) is 5.14 Å². The van der Waals surface area contributed by atoms with E-state index in [1.54, 1.807) is 0 Å². The Labute approximate surface area is 107 Å². The number of nitrogens with zero attached hydrogens (tertiary/aromatic N) is 1. The van der Waals surface area contributed by atoms with Crippen LogP contribution in [0.5, 0.6) is 0 Å². The standard InChI is InChI=1S/C9H10BrFN2O3S/c1-13(2)9(14)5-3-8(17(12,15)16)6(10)4-7(5)11/h3-4H,1-2H3,(H2,12,15,16). The highest BCUT2D eigenvalue weighted by atomic mass is 79.9. The van der Waals surface area contributed by atoms with Crippen molar-refractivity contribution in [3.63, 3.8) is 0 Å². The molecule has 0 saturated carbocycles. The Bertz CT molecular complexity index is 572. The van der Waals surface area contributed by atoms with Crippen molar-refractivity contribution >= 4 is 31.9 Å². The molecule has 0 heterocycles. The predicted molar refractivity (Wildman–Crippen MR) is 63.5 cm³/mol. The van der Waals surface area contributed by atoms with Crippen LogP contribution in [0.4, 0.5) is 4.39 Å². The minimum absolute atomic E-state index is 0.0205. The Morgan fingerprint density at radius 3 is 2.35 bits per heavy atom. The number of hydrogen-bond donors (Lipinski definition) is 1. The number of hydrogen-bond acceptors (Lipinski definition) is 3. The van der Waals surface area contributed by atoms with Gasteiger partial charge in [-0.25, -0.2) is 17.9 Å². The Balaban J connectivity index is 3.50. The van der Waals surface area contributed by atoms with Gasteiger partial charge in [0.25, 0.3) is 5.91 Å². The molecule has 0 atom stereocenters. The van der Waals surface area contributed by atoms with Crippen LogP contribution in [0.15, 0.2) is 21.5 Å². The Hall–Kier alpha value is -0.990. The van der Waals surface area contributed by atoms with Gasteiger partial charge in [0, 0.05) is 18.6 Å². The van der Waals surface area contributed by atoms with E-state index in [2.05, 4.69) is 15.9 Å². The third-order valence-corrected chi connectivity index (χ3v) is 3.83. The molecule has 0 bridgehead atoms. The fourth-order valence-corrected chi connectivity index (χ4v) is 2.76. The number of carbonyl (C=O) groups excluding carboxylic acids is 1. The maximum atomic E-state index is 13.5. The number of amides is 1. The van der Waals surface area contributed by atoms with E-state index in [4.69, 9.17) is 5.14 Å². The van der Waals surface area contributed by atoms with E-state index in [0.717, 1.165) is 17.0 Å². The van der Waals surface area contributed by atoms with Gasteiger partial charge in [0.05, 0.1) is 10.5 Å². The summed E-state index contributed by atoms with van der Waals surface area (Å²) in [6.45, 7) is 0. The second-order valence-corrected chi connectivity index (χ2v) is 5.89. The predicted octanol–water partition coefficient (Wildman–Crippen LogP) is 0.937. The second-order valence-electron chi connectivity index (χ2n) is 3.51. The van der Waals surface area contributed by atoms with Crippen LogP contribution in [-0.2, 0) is 10.0 Å². The minimum atomic E-state index is -4.02. The zero-order chi connectivity index (χ0) is 13.4. The van der Waals surface area contributed by atoms with Gasteiger partial charge < -0.3 is 4.90 Å². The lowest BCUT2D eigenvalue weighted by molar-refractivity contribution is 0.0822. The van der Waals surface area contributed by atoms with Gasteiger partial charge in [-0.2, -0.15) is 0 Å². The lowest BCUT2D eigenvalue weighted by Gasteiger charge is -2.12. The molecule has 0 aliphatic rings. The highest BCUT2D eigenvalue weighted by Crippen LogP contribution is 2.25. The Morgan fingerprint density at radius 1 is 1.41 bits per heavy atom. The van der Waals surface area contributed by atoms with E-state index in [1.807, 2.05) is 0 Å². The van der Waals surface area contributed by atoms with Crippen molar-refractivity contribution in [3.8, 4) is 0 Å². The molecule has 1 aromatic carbocycles. The lowest BCUT2D eigenvalue weighted by Crippen LogP contribution is -2.24. The zero-order valence-corrected chi connectivity index (χ0v) is 11.5. The first-order valence-corrected chi connectivity index (χ1v) is 6.72. The molecule has 0 unspecified atom stereocenters. The van der Waals surface area contributed by atoms with Crippen LogP contribution in [0.1, 0.15) is 10.4 Å². The molecule has 5 nitrogen and oxygen atoms in total. The molecule has 0 aliphatic heterocycles. The van der Waals surface area contributed by atoms with Gasteiger partial charge in [-0.1, -0.05) is 0 Å². The number of sulfonamides is 1. The van der Waals surface area contributed by atoms with Gasteiger partial charge in [0.1, 0.15) is 5.82 Å². The summed E-state index contributed by atoms with van der Waals surface area (Å²) in [5.41, 5.74) is -0.345. The van der Waals surface area contributed by atoms with Crippen LogP contribution in [0.3, 0.4) is 0 Å². The number of primary sulfonamides is 1. The highest BCUT2D eigenvalue weighted by molar-refractivity contribution is 9.10. The molecule has 0 fully saturated rings. The van der Waals surface area contributed by atoms with Crippen molar-refractivity contribution in [2.75, 3.05) is 14.1 Å². The molecule has 0 aliphatic carbocycles. The van der Waals surface area contributed by atoms with E-state index in [-0.39, 0.29) is 14.9 Å². The third-order valence-electron chi connectivity index (χ3n) is 1.96. The lowest BCUT2D eigenvalue weighted by atomic mass is 10.2. The van der Waals surface area contributed by atoms with Crippen LogP contribution in [0.25, 0.3) is 0 Å². The summed E-state index contributed by atoms with van der Waals surface area (Å²) < 4.78 is 35.9. The summed E-state index contributed by atoms with van der Waals surface area (Å²) in [5, 5.41) is 4.95. The zero-order valence-electron chi connectivity index (χ0n) is 9.07. The van der Waals surface area contributed by atoms with Crippen molar-refractivity contribution in [2.45, 2.75) is 4.90 Å². The minimum Gasteiger partial charge on any atom is -0.345 e. The summed E-state index contributed by atoms with van der Waals surface area (Å²) in [7, 11) is -1.15. The van der Waals surface area contributed by atoms with Crippen LogP contribution in [0, 0.1) is 5.82 Å². The first-order chi connectivity index (χ1) is 7.64.